The lowest BCUT2D eigenvalue weighted by Crippen LogP contribution is -2.41. The molecule has 1 spiro atoms. The van der Waals surface area contributed by atoms with Gasteiger partial charge in [0, 0.05) is 43.0 Å². The first-order chi connectivity index (χ1) is 23.9. The third-order valence-corrected chi connectivity index (χ3v) is 9.73. The van der Waals surface area contributed by atoms with Crippen LogP contribution in [0, 0.1) is 12.3 Å². The van der Waals surface area contributed by atoms with Gasteiger partial charge in [-0.15, -0.1) is 0 Å². The molecule has 4 heterocycles. The van der Waals surface area contributed by atoms with Crippen LogP contribution >= 0.6 is 0 Å². The lowest BCUT2D eigenvalue weighted by atomic mass is 9.76. The zero-order chi connectivity index (χ0) is 35.2. The van der Waals surface area contributed by atoms with E-state index in [2.05, 4.69) is 20.4 Å². The van der Waals surface area contributed by atoms with Crippen LogP contribution in [0.4, 0.5) is 24.9 Å². The summed E-state index contributed by atoms with van der Waals surface area (Å²) in [5, 5.41) is 18.5. The Labute approximate surface area is 284 Å². The van der Waals surface area contributed by atoms with Crippen molar-refractivity contribution in [3.8, 4) is 22.7 Å². The van der Waals surface area contributed by atoms with Crippen LogP contribution in [0.15, 0.2) is 72.9 Å². The van der Waals surface area contributed by atoms with Gasteiger partial charge in [0.25, 0.3) is 0 Å². The summed E-state index contributed by atoms with van der Waals surface area (Å²) in [4.78, 5) is 34.0. The van der Waals surface area contributed by atoms with Crippen molar-refractivity contribution in [2.24, 2.45) is 5.41 Å². The molecule has 2 atom stereocenters. The van der Waals surface area contributed by atoms with Crippen molar-refractivity contribution < 1.29 is 32.6 Å². The summed E-state index contributed by atoms with van der Waals surface area (Å²) in [5.41, 5.74) is 7.80. The number of piperidine rings is 1. The number of carboxylic acids is 1. The maximum absolute atomic E-state index is 15.0. The summed E-state index contributed by atoms with van der Waals surface area (Å²) in [6.45, 7) is 3.33. The van der Waals surface area contributed by atoms with E-state index < -0.39 is 24.3 Å². The van der Waals surface area contributed by atoms with Crippen LogP contribution < -0.4 is 20.7 Å². The Morgan fingerprint density at radius 1 is 1.10 bits per heavy atom. The van der Waals surface area contributed by atoms with E-state index in [4.69, 9.17) is 10.5 Å². The number of halogens is 3. The smallest absolute Gasteiger partial charge is 0.429 e. The number of nitrogens with zero attached hydrogens (tertiary/aromatic N) is 5. The van der Waals surface area contributed by atoms with Crippen LogP contribution in [0.25, 0.3) is 27.6 Å². The fourth-order valence-electron chi connectivity index (χ4n) is 7.12. The van der Waals surface area contributed by atoms with Gasteiger partial charge in [0.2, 0.25) is 17.9 Å². The van der Waals surface area contributed by atoms with E-state index >= 15 is 0 Å². The molecule has 11 nitrogen and oxygen atoms in total. The molecule has 5 aromatic rings. The molecule has 0 amide bonds. The predicted octanol–water partition coefficient (Wildman–Crippen LogP) is 5.90. The number of fused-ring (bicyclic) bond motifs is 1. The van der Waals surface area contributed by atoms with Gasteiger partial charge >= 0.3 is 12.1 Å². The van der Waals surface area contributed by atoms with Crippen LogP contribution in [-0.4, -0.2) is 69.0 Å². The summed E-state index contributed by atoms with van der Waals surface area (Å²) in [7, 11) is 0. The number of carbonyl (C=O) groups excluding carboxylic acids is 1. The van der Waals surface area contributed by atoms with E-state index in [1.54, 1.807) is 31.3 Å². The van der Waals surface area contributed by atoms with Crippen LogP contribution in [-0.2, 0) is 4.79 Å². The quantitative estimate of drug-likeness (QED) is 0.169. The second-order valence-electron chi connectivity index (χ2n) is 13.0. The number of alkyl halides is 3. The number of hydrogen-bond donors (Lipinski definition) is 3. The van der Waals surface area contributed by atoms with Crippen molar-refractivity contribution in [2.75, 3.05) is 30.3 Å². The van der Waals surface area contributed by atoms with Gasteiger partial charge in [0.05, 0.1) is 11.4 Å². The van der Waals surface area contributed by atoms with E-state index in [-0.39, 0.29) is 28.5 Å². The third kappa shape index (κ3) is 6.33. The van der Waals surface area contributed by atoms with Crippen LogP contribution in [0.5, 0.6) is 5.88 Å². The number of carboxylic acid groups (broad SMARTS) is 1. The number of ether oxygens (including phenoxy) is 1. The molecule has 2 aromatic heterocycles. The van der Waals surface area contributed by atoms with Gasteiger partial charge in [-0.25, -0.2) is 4.68 Å². The first-order valence-electron chi connectivity index (χ1n) is 16.2. The predicted molar refractivity (Wildman–Crippen MR) is 180 cm³/mol. The van der Waals surface area contributed by atoms with Gasteiger partial charge in [0.15, 0.2) is 6.29 Å². The molecular weight excluding hydrogens is 651 g/mol. The highest BCUT2D eigenvalue weighted by Gasteiger charge is 2.46. The van der Waals surface area contributed by atoms with E-state index in [0.717, 1.165) is 17.1 Å². The second-order valence-corrected chi connectivity index (χ2v) is 13.0. The molecule has 2 fully saturated rings. The molecule has 0 aliphatic carbocycles. The first-order valence-corrected chi connectivity index (χ1v) is 16.2. The minimum Gasteiger partial charge on any atom is -0.480 e. The highest BCUT2D eigenvalue weighted by atomic mass is 19.4. The first kappa shape index (κ1) is 33.0. The standard InChI is InChI=1S/C36H34F3N7O4/c1-21-10-13-46(44-21)29-16-23(25-8-6-22-4-2-3-5-24(22)27(25)19-47)7-9-26(29)32(36(37,38)39)50-31-17-30(42-34(40)43-31)45-14-11-35(12-15-45)18-28(33(48)49)41-20-35/h2-10,13,16-17,19,28,32,41H,11-12,14-15,18,20H2,1H3,(H,48,49)(H2,40,42,43)/t28?,32-/m1/s1. The number of nitrogens with one attached hydrogen (secondary N) is 1. The number of rotatable bonds is 8. The zero-order valence-corrected chi connectivity index (χ0v) is 27.0. The fraction of sp³-hybridized carbons (Fsp3) is 0.306. The largest absolute Gasteiger partial charge is 0.480 e. The Hall–Kier alpha value is -5.50. The van der Waals surface area contributed by atoms with E-state index in [1.807, 2.05) is 35.2 Å². The van der Waals surface area contributed by atoms with Gasteiger partial charge in [-0.3, -0.25) is 9.59 Å². The Morgan fingerprint density at radius 2 is 1.88 bits per heavy atom. The third-order valence-electron chi connectivity index (χ3n) is 9.73. The average molecular weight is 686 g/mol. The molecule has 0 bridgehead atoms. The van der Waals surface area contributed by atoms with Crippen molar-refractivity contribution in [1.29, 1.82) is 0 Å². The van der Waals surface area contributed by atoms with Gasteiger partial charge in [0.1, 0.15) is 11.9 Å². The number of aliphatic carboxylic acids is 1. The van der Waals surface area contributed by atoms with Crippen LogP contribution in [0.1, 0.15) is 47.0 Å². The molecule has 4 N–H and O–H groups in total. The van der Waals surface area contributed by atoms with Crippen molar-refractivity contribution in [3.63, 3.8) is 0 Å². The van der Waals surface area contributed by atoms with Crippen molar-refractivity contribution in [1.82, 2.24) is 25.1 Å². The topological polar surface area (TPSA) is 148 Å². The number of nitrogens with two attached hydrogens (primary N) is 1. The second kappa shape index (κ2) is 12.8. The highest BCUT2D eigenvalue weighted by molar-refractivity contribution is 6.04. The number of hydrogen-bond acceptors (Lipinski definition) is 9. The molecule has 0 radical (unpaired) electrons. The maximum Gasteiger partial charge on any atom is 0.429 e. The minimum atomic E-state index is -4.89. The SMILES string of the molecule is Cc1ccn(-c2cc(-c3ccc4ccccc4c3C=O)ccc2[C@@H](Oc2cc(N3CCC4(CC3)CNC(C(=O)O)C4)nc(N)n2)C(F)(F)F)n1. The van der Waals surface area contributed by atoms with Gasteiger partial charge < -0.3 is 25.8 Å². The summed E-state index contributed by atoms with van der Waals surface area (Å²) in [6.07, 6.45) is -3.17. The van der Waals surface area contributed by atoms with E-state index in [1.165, 1.54) is 22.9 Å². The van der Waals surface area contributed by atoms with E-state index in [9.17, 15) is 27.9 Å². The van der Waals surface area contributed by atoms with E-state index in [0.29, 0.717) is 67.1 Å². The molecule has 7 rings (SSSR count). The highest BCUT2D eigenvalue weighted by Crippen LogP contribution is 2.43. The maximum atomic E-state index is 15.0. The Balaban J connectivity index is 1.23. The minimum absolute atomic E-state index is 0.108. The summed E-state index contributed by atoms with van der Waals surface area (Å²) in [5.74, 6) is -1.16. The van der Waals surface area contributed by atoms with Crippen molar-refractivity contribution in [2.45, 2.75) is 44.5 Å². The Morgan fingerprint density at radius 3 is 2.56 bits per heavy atom. The molecule has 2 aliphatic heterocycles. The summed E-state index contributed by atoms with van der Waals surface area (Å²) < 4.78 is 52.0. The monoisotopic (exact) mass is 685 g/mol. The molecule has 2 aliphatic rings. The van der Waals surface area contributed by atoms with Gasteiger partial charge in [-0.2, -0.15) is 28.2 Å². The zero-order valence-electron chi connectivity index (χ0n) is 27.0. The number of anilines is 2. The Bertz CT molecular complexity index is 2090. The average Bonchev–Trinajstić information content (AvgIpc) is 3.72. The number of aryl methyl sites for hydroxylation is 1. The molecule has 1 unspecified atom stereocenters. The molecule has 3 aromatic carbocycles. The normalized spacial score (nSPS) is 18.0. The Kier molecular flexibility index (Phi) is 8.42. The molecule has 0 saturated carbocycles. The number of aromatic nitrogens is 4. The molecule has 2 saturated heterocycles. The van der Waals surface area contributed by atoms with Crippen molar-refractivity contribution >= 4 is 34.8 Å². The summed E-state index contributed by atoms with van der Waals surface area (Å²) >= 11 is 0. The van der Waals surface area contributed by atoms with Gasteiger partial charge in [-0.05, 0) is 65.6 Å². The summed E-state index contributed by atoms with van der Waals surface area (Å²) in [6, 6.07) is 17.9. The molecule has 14 heteroatoms. The van der Waals surface area contributed by atoms with Crippen molar-refractivity contribution in [3.05, 3.63) is 89.7 Å². The number of aldehydes is 1. The number of nitrogen functional groups attached to an aromatic ring is 1. The number of carbonyl (C=O) groups is 2. The lowest BCUT2D eigenvalue weighted by Gasteiger charge is -2.39. The van der Waals surface area contributed by atoms with Gasteiger partial charge in [-0.1, -0.05) is 48.5 Å². The van der Waals surface area contributed by atoms with Crippen LogP contribution in [0.3, 0.4) is 0 Å². The fourth-order valence-corrected chi connectivity index (χ4v) is 7.12. The van der Waals surface area contributed by atoms with Crippen LogP contribution in [0.2, 0.25) is 0 Å². The molecular formula is C36H34F3N7O4. The molecule has 258 valence electrons. The number of benzene rings is 3. The molecule has 50 heavy (non-hydrogen) atoms. The lowest BCUT2D eigenvalue weighted by molar-refractivity contribution is -0.198.